The van der Waals surface area contributed by atoms with Crippen molar-refractivity contribution in [2.45, 2.75) is 38.6 Å². The number of aliphatic imine (C=N–C) groups is 1. The number of benzene rings is 1. The fourth-order valence-corrected chi connectivity index (χ4v) is 3.41. The zero-order valence-electron chi connectivity index (χ0n) is 15.1. The van der Waals surface area contributed by atoms with E-state index in [4.69, 9.17) is 10.00 Å². The SMILES string of the molecule is CN=C(NCc1cc(C#N)ccc1F)NCC1(CCOC)CCCC1. The zero-order valence-corrected chi connectivity index (χ0v) is 15.1. The van der Waals surface area contributed by atoms with E-state index >= 15 is 0 Å². The molecule has 1 aliphatic carbocycles. The van der Waals surface area contributed by atoms with Gasteiger partial charge in [-0.05, 0) is 42.9 Å². The second-order valence-electron chi connectivity index (χ2n) is 6.65. The lowest BCUT2D eigenvalue weighted by Gasteiger charge is -2.30. The van der Waals surface area contributed by atoms with Crippen LogP contribution in [0.4, 0.5) is 4.39 Å². The van der Waals surface area contributed by atoms with Gasteiger partial charge in [0, 0.05) is 39.4 Å². The maximum absolute atomic E-state index is 13.9. The van der Waals surface area contributed by atoms with Crippen LogP contribution in [0, 0.1) is 22.6 Å². The van der Waals surface area contributed by atoms with Crippen molar-refractivity contribution in [3.05, 3.63) is 35.1 Å². The number of hydrogen-bond acceptors (Lipinski definition) is 3. The molecular weight excluding hydrogens is 319 g/mol. The number of methoxy groups -OCH3 is 1. The van der Waals surface area contributed by atoms with Gasteiger partial charge in [0.2, 0.25) is 0 Å². The molecule has 0 aromatic heterocycles. The second-order valence-corrected chi connectivity index (χ2v) is 6.65. The molecule has 136 valence electrons. The lowest BCUT2D eigenvalue weighted by molar-refractivity contribution is 0.138. The van der Waals surface area contributed by atoms with Crippen molar-refractivity contribution in [2.75, 3.05) is 27.3 Å². The van der Waals surface area contributed by atoms with Gasteiger partial charge in [-0.15, -0.1) is 0 Å². The van der Waals surface area contributed by atoms with Crippen LogP contribution in [-0.4, -0.2) is 33.3 Å². The molecule has 0 unspecified atom stereocenters. The lowest BCUT2D eigenvalue weighted by atomic mass is 9.83. The van der Waals surface area contributed by atoms with Gasteiger partial charge in [-0.2, -0.15) is 5.26 Å². The van der Waals surface area contributed by atoms with Crippen LogP contribution in [0.15, 0.2) is 23.2 Å². The fourth-order valence-electron chi connectivity index (χ4n) is 3.41. The topological polar surface area (TPSA) is 69.4 Å². The van der Waals surface area contributed by atoms with Gasteiger partial charge in [-0.25, -0.2) is 4.39 Å². The largest absolute Gasteiger partial charge is 0.385 e. The Balaban J connectivity index is 1.91. The predicted molar refractivity (Wildman–Crippen MR) is 96.7 cm³/mol. The first kappa shape index (κ1) is 19.2. The lowest BCUT2D eigenvalue weighted by Crippen LogP contribution is -2.43. The Morgan fingerprint density at radius 2 is 2.12 bits per heavy atom. The molecule has 0 atom stereocenters. The molecule has 0 spiro atoms. The third-order valence-electron chi connectivity index (χ3n) is 4.98. The van der Waals surface area contributed by atoms with Crippen molar-refractivity contribution >= 4 is 5.96 Å². The number of hydrogen-bond donors (Lipinski definition) is 2. The molecule has 2 N–H and O–H groups in total. The maximum Gasteiger partial charge on any atom is 0.191 e. The summed E-state index contributed by atoms with van der Waals surface area (Å²) in [5.74, 6) is 0.319. The average Bonchev–Trinajstić information content (AvgIpc) is 3.10. The molecule has 6 heteroatoms. The number of ether oxygens (including phenoxy) is 1. The minimum Gasteiger partial charge on any atom is -0.385 e. The van der Waals surface area contributed by atoms with Crippen LogP contribution in [-0.2, 0) is 11.3 Å². The summed E-state index contributed by atoms with van der Waals surface area (Å²) in [6.45, 7) is 1.88. The molecule has 25 heavy (non-hydrogen) atoms. The van der Waals surface area contributed by atoms with Crippen LogP contribution in [0.2, 0.25) is 0 Å². The van der Waals surface area contributed by atoms with Gasteiger partial charge in [0.05, 0.1) is 11.6 Å². The molecule has 1 saturated carbocycles. The van der Waals surface area contributed by atoms with Gasteiger partial charge in [-0.3, -0.25) is 4.99 Å². The highest BCUT2D eigenvalue weighted by atomic mass is 19.1. The Kier molecular flexibility index (Phi) is 7.20. The molecule has 0 saturated heterocycles. The van der Waals surface area contributed by atoms with Crippen molar-refractivity contribution in [2.24, 2.45) is 10.4 Å². The molecular formula is C19H27FN4O. The summed E-state index contributed by atoms with van der Waals surface area (Å²) in [6.07, 6.45) is 5.93. The molecule has 0 amide bonds. The first-order valence-electron chi connectivity index (χ1n) is 8.74. The summed E-state index contributed by atoms with van der Waals surface area (Å²) >= 11 is 0. The number of nitrogens with one attached hydrogen (secondary N) is 2. The summed E-state index contributed by atoms with van der Waals surface area (Å²) in [5.41, 5.74) is 1.15. The Labute approximate surface area is 149 Å². The first-order valence-corrected chi connectivity index (χ1v) is 8.74. The molecule has 1 fully saturated rings. The summed E-state index contributed by atoms with van der Waals surface area (Å²) in [5, 5.41) is 15.5. The van der Waals surface area contributed by atoms with Crippen LogP contribution in [0.3, 0.4) is 0 Å². The third-order valence-corrected chi connectivity index (χ3v) is 4.98. The van der Waals surface area contributed by atoms with Crippen molar-refractivity contribution in [3.63, 3.8) is 0 Å². The summed E-state index contributed by atoms with van der Waals surface area (Å²) < 4.78 is 19.1. The number of nitriles is 1. The molecule has 1 aromatic carbocycles. The fraction of sp³-hybridized carbons (Fsp3) is 0.579. The molecule has 5 nitrogen and oxygen atoms in total. The van der Waals surface area contributed by atoms with Gasteiger partial charge >= 0.3 is 0 Å². The van der Waals surface area contributed by atoms with E-state index in [1.54, 1.807) is 20.2 Å². The average molecular weight is 346 g/mol. The van der Waals surface area contributed by atoms with Crippen LogP contribution >= 0.6 is 0 Å². The van der Waals surface area contributed by atoms with Gasteiger partial charge in [0.15, 0.2) is 5.96 Å². The van der Waals surface area contributed by atoms with E-state index < -0.39 is 0 Å². The van der Waals surface area contributed by atoms with Crippen molar-refractivity contribution in [1.29, 1.82) is 5.26 Å². The third kappa shape index (κ3) is 5.43. The maximum atomic E-state index is 13.9. The molecule has 0 aliphatic heterocycles. The van der Waals surface area contributed by atoms with Crippen LogP contribution in [0.5, 0.6) is 0 Å². The highest BCUT2D eigenvalue weighted by Gasteiger charge is 2.33. The minimum absolute atomic E-state index is 0.250. The minimum atomic E-state index is -0.325. The van der Waals surface area contributed by atoms with E-state index in [1.165, 1.54) is 37.8 Å². The Bertz CT molecular complexity index is 633. The summed E-state index contributed by atoms with van der Waals surface area (Å²) in [4.78, 5) is 4.22. The number of nitrogens with zero attached hydrogens (tertiary/aromatic N) is 2. The highest BCUT2D eigenvalue weighted by molar-refractivity contribution is 5.79. The van der Waals surface area contributed by atoms with Crippen molar-refractivity contribution in [3.8, 4) is 6.07 Å². The normalized spacial score (nSPS) is 16.5. The van der Waals surface area contributed by atoms with E-state index in [2.05, 4.69) is 15.6 Å². The Morgan fingerprint density at radius 1 is 1.36 bits per heavy atom. The van der Waals surface area contributed by atoms with Gasteiger partial charge < -0.3 is 15.4 Å². The Hall–Kier alpha value is -2.13. The molecule has 0 radical (unpaired) electrons. The zero-order chi connectivity index (χ0) is 18.1. The van der Waals surface area contributed by atoms with E-state index in [0.29, 0.717) is 17.1 Å². The molecule has 2 rings (SSSR count). The molecule has 1 aromatic rings. The van der Waals surface area contributed by atoms with Gasteiger partial charge in [-0.1, -0.05) is 12.8 Å². The van der Waals surface area contributed by atoms with Gasteiger partial charge in [0.25, 0.3) is 0 Å². The quantitative estimate of drug-likeness (QED) is 0.588. The molecule has 1 aliphatic rings. The van der Waals surface area contributed by atoms with E-state index in [1.807, 2.05) is 6.07 Å². The van der Waals surface area contributed by atoms with E-state index in [-0.39, 0.29) is 17.8 Å². The van der Waals surface area contributed by atoms with Gasteiger partial charge in [0.1, 0.15) is 5.82 Å². The summed E-state index contributed by atoms with van der Waals surface area (Å²) in [6, 6.07) is 6.39. The highest BCUT2D eigenvalue weighted by Crippen LogP contribution is 2.40. The van der Waals surface area contributed by atoms with Crippen molar-refractivity contribution < 1.29 is 9.13 Å². The van der Waals surface area contributed by atoms with Crippen LogP contribution in [0.1, 0.15) is 43.2 Å². The second kappa shape index (κ2) is 9.38. The monoisotopic (exact) mass is 346 g/mol. The van der Waals surface area contributed by atoms with E-state index in [0.717, 1.165) is 19.6 Å². The number of halogens is 1. The van der Waals surface area contributed by atoms with Crippen LogP contribution < -0.4 is 10.6 Å². The molecule has 0 heterocycles. The predicted octanol–water partition coefficient (Wildman–Crippen LogP) is 2.96. The standard InChI is InChI=1S/C19H27FN4O/c1-22-18(23-13-16-11-15(12-21)5-6-17(16)20)24-14-19(9-10-25-2)7-3-4-8-19/h5-6,11H,3-4,7-10,13-14H2,1-2H3,(H2,22,23,24). The smallest absolute Gasteiger partial charge is 0.191 e. The van der Waals surface area contributed by atoms with Crippen LogP contribution in [0.25, 0.3) is 0 Å². The number of rotatable bonds is 7. The number of guanidine groups is 1. The summed E-state index contributed by atoms with van der Waals surface area (Å²) in [7, 11) is 3.44. The van der Waals surface area contributed by atoms with E-state index in [9.17, 15) is 4.39 Å². The van der Waals surface area contributed by atoms with Crippen molar-refractivity contribution in [1.82, 2.24) is 10.6 Å². The molecule has 0 bridgehead atoms. The first-order chi connectivity index (χ1) is 12.1. The Morgan fingerprint density at radius 3 is 2.76 bits per heavy atom.